The number of aliphatic carboxylic acids is 1. The number of hydrogen-bond acceptors (Lipinski definition) is 4. The summed E-state index contributed by atoms with van der Waals surface area (Å²) in [5.41, 5.74) is -0.0162. The minimum Gasteiger partial charge on any atom is -0.550 e. The van der Waals surface area contributed by atoms with E-state index in [1.165, 1.54) is 18.2 Å². The summed E-state index contributed by atoms with van der Waals surface area (Å²) in [7, 11) is 0. The van der Waals surface area contributed by atoms with Gasteiger partial charge in [0.25, 0.3) is 0 Å². The summed E-state index contributed by atoms with van der Waals surface area (Å²) in [6, 6.07) is 4.03. The van der Waals surface area contributed by atoms with Gasteiger partial charge >= 0.3 is 0 Å². The van der Waals surface area contributed by atoms with Crippen LogP contribution in [-0.4, -0.2) is 16.2 Å². The van der Waals surface area contributed by atoms with Crippen molar-refractivity contribution in [2.75, 3.05) is 0 Å². The third-order valence-corrected chi connectivity index (χ3v) is 1.45. The fourth-order valence-corrected chi connectivity index (χ4v) is 0.888. The first-order chi connectivity index (χ1) is 5.61. The van der Waals surface area contributed by atoms with E-state index >= 15 is 0 Å². The molecule has 0 saturated heterocycles. The first kappa shape index (κ1) is 8.39. The molecule has 0 aliphatic carbocycles. The maximum Gasteiger partial charge on any atom is 0.122 e. The van der Waals surface area contributed by atoms with Crippen molar-refractivity contribution in [3.63, 3.8) is 0 Å². The van der Waals surface area contributed by atoms with E-state index in [0.717, 1.165) is 0 Å². The molecule has 0 heterocycles. The second-order valence-electron chi connectivity index (χ2n) is 2.32. The van der Waals surface area contributed by atoms with E-state index in [1.807, 2.05) is 0 Å². The van der Waals surface area contributed by atoms with Gasteiger partial charge in [0.15, 0.2) is 0 Å². The zero-order chi connectivity index (χ0) is 9.14. The molecule has 0 saturated carbocycles. The van der Waals surface area contributed by atoms with Gasteiger partial charge < -0.3 is 20.1 Å². The lowest BCUT2D eigenvalue weighted by molar-refractivity contribution is -0.304. The molecule has 0 aliphatic heterocycles. The van der Waals surface area contributed by atoms with Gasteiger partial charge in [-0.15, -0.1) is 0 Å². The second kappa shape index (κ2) is 3.13. The second-order valence-corrected chi connectivity index (χ2v) is 2.32. The van der Waals surface area contributed by atoms with Crippen molar-refractivity contribution < 1.29 is 20.1 Å². The fourth-order valence-electron chi connectivity index (χ4n) is 0.888. The van der Waals surface area contributed by atoms with E-state index < -0.39 is 12.4 Å². The monoisotopic (exact) mass is 167 g/mol. The molecule has 0 amide bonds. The SMILES string of the molecule is O=C([O-])Cc1c(O)cccc1O. The summed E-state index contributed by atoms with van der Waals surface area (Å²) in [5, 5.41) is 28.3. The molecule has 0 spiro atoms. The van der Waals surface area contributed by atoms with E-state index in [4.69, 9.17) is 10.2 Å². The van der Waals surface area contributed by atoms with Crippen molar-refractivity contribution in [1.82, 2.24) is 0 Å². The first-order valence-electron chi connectivity index (χ1n) is 3.31. The Kier molecular flexibility index (Phi) is 2.19. The zero-order valence-corrected chi connectivity index (χ0v) is 6.15. The zero-order valence-electron chi connectivity index (χ0n) is 6.15. The lowest BCUT2D eigenvalue weighted by atomic mass is 10.1. The Bertz CT molecular complexity index is 286. The Morgan fingerprint density at radius 1 is 1.33 bits per heavy atom. The van der Waals surface area contributed by atoms with Crippen LogP contribution in [-0.2, 0) is 11.2 Å². The Labute approximate surface area is 68.7 Å². The predicted octanol–water partition coefficient (Wildman–Crippen LogP) is -0.610. The van der Waals surface area contributed by atoms with Crippen LogP contribution >= 0.6 is 0 Å². The van der Waals surface area contributed by atoms with Gasteiger partial charge in [-0.05, 0) is 12.1 Å². The molecule has 0 unspecified atom stereocenters. The lowest BCUT2D eigenvalue weighted by Crippen LogP contribution is -2.24. The largest absolute Gasteiger partial charge is 0.550 e. The number of phenols is 2. The van der Waals surface area contributed by atoms with Crippen molar-refractivity contribution >= 4 is 5.97 Å². The average Bonchev–Trinajstić information content (AvgIpc) is 1.97. The summed E-state index contributed by atoms with van der Waals surface area (Å²) in [6.45, 7) is 0. The number of phenolic OH excluding ortho intramolecular Hbond substituents is 2. The highest BCUT2D eigenvalue weighted by Crippen LogP contribution is 2.26. The average molecular weight is 167 g/mol. The summed E-state index contributed by atoms with van der Waals surface area (Å²) in [5.74, 6) is -1.81. The molecule has 0 fully saturated rings. The van der Waals surface area contributed by atoms with E-state index in [2.05, 4.69) is 0 Å². The fraction of sp³-hybridized carbons (Fsp3) is 0.125. The van der Waals surface area contributed by atoms with Gasteiger partial charge in [-0.3, -0.25) is 0 Å². The molecule has 2 N–H and O–H groups in total. The number of carbonyl (C=O) groups is 1. The maximum absolute atomic E-state index is 10.1. The third-order valence-electron chi connectivity index (χ3n) is 1.45. The topological polar surface area (TPSA) is 80.6 Å². The molecule has 0 atom stereocenters. The van der Waals surface area contributed by atoms with Crippen molar-refractivity contribution in [3.05, 3.63) is 23.8 Å². The van der Waals surface area contributed by atoms with Crippen molar-refractivity contribution in [2.24, 2.45) is 0 Å². The summed E-state index contributed by atoms with van der Waals surface area (Å²) < 4.78 is 0. The molecule has 12 heavy (non-hydrogen) atoms. The summed E-state index contributed by atoms with van der Waals surface area (Å²) >= 11 is 0. The van der Waals surface area contributed by atoms with Crippen LogP contribution < -0.4 is 5.11 Å². The third kappa shape index (κ3) is 1.66. The van der Waals surface area contributed by atoms with Crippen LogP contribution in [0.3, 0.4) is 0 Å². The molecular weight excluding hydrogens is 160 g/mol. The highest BCUT2D eigenvalue weighted by Gasteiger charge is 2.05. The van der Waals surface area contributed by atoms with Gasteiger partial charge in [-0.2, -0.15) is 0 Å². The number of hydrogen-bond donors (Lipinski definition) is 2. The number of carboxylic acid groups (broad SMARTS) is 1. The molecule has 0 aliphatic rings. The van der Waals surface area contributed by atoms with Crippen LogP contribution in [0, 0.1) is 0 Å². The maximum atomic E-state index is 10.1. The molecule has 4 nitrogen and oxygen atoms in total. The summed E-state index contributed by atoms with van der Waals surface area (Å²) in [4.78, 5) is 10.1. The first-order valence-corrected chi connectivity index (χ1v) is 3.31. The quantitative estimate of drug-likeness (QED) is 0.615. The molecule has 0 aromatic heterocycles. The van der Waals surface area contributed by atoms with Crippen LogP contribution in [0.1, 0.15) is 5.56 Å². The summed E-state index contributed by atoms with van der Waals surface area (Å²) in [6.07, 6.45) is -0.488. The molecule has 1 aromatic carbocycles. The Balaban J connectivity index is 3.04. The Morgan fingerprint density at radius 3 is 2.25 bits per heavy atom. The number of rotatable bonds is 2. The molecule has 1 aromatic rings. The van der Waals surface area contributed by atoms with Gasteiger partial charge in [0.05, 0.1) is 0 Å². The molecule has 64 valence electrons. The Hall–Kier alpha value is -1.71. The number of aromatic hydroxyl groups is 2. The van der Waals surface area contributed by atoms with E-state index in [9.17, 15) is 9.90 Å². The lowest BCUT2D eigenvalue weighted by Gasteiger charge is -2.06. The van der Waals surface area contributed by atoms with Crippen LogP contribution in [0.2, 0.25) is 0 Å². The van der Waals surface area contributed by atoms with Gasteiger partial charge in [-0.1, -0.05) is 6.07 Å². The molecule has 0 bridgehead atoms. The van der Waals surface area contributed by atoms with Crippen molar-refractivity contribution in [2.45, 2.75) is 6.42 Å². The van der Waals surface area contributed by atoms with Crippen molar-refractivity contribution in [3.8, 4) is 11.5 Å². The molecule has 1 rings (SSSR count). The van der Waals surface area contributed by atoms with Crippen LogP contribution in [0.5, 0.6) is 11.5 Å². The van der Waals surface area contributed by atoms with Gasteiger partial charge in [0.2, 0.25) is 0 Å². The van der Waals surface area contributed by atoms with E-state index in [0.29, 0.717) is 0 Å². The van der Waals surface area contributed by atoms with E-state index in [1.54, 1.807) is 0 Å². The highest BCUT2D eigenvalue weighted by atomic mass is 16.4. The molecule has 4 heteroatoms. The molecular formula is C8H7O4-. The van der Waals surface area contributed by atoms with Gasteiger partial charge in [0, 0.05) is 18.0 Å². The highest BCUT2D eigenvalue weighted by molar-refractivity contribution is 5.70. The smallest absolute Gasteiger partial charge is 0.122 e. The predicted molar refractivity (Wildman–Crippen MR) is 38.5 cm³/mol. The van der Waals surface area contributed by atoms with E-state index in [-0.39, 0.29) is 17.1 Å². The minimum atomic E-state index is -1.34. The standard InChI is InChI=1S/C8H8O4/c9-6-2-1-3-7(10)5(6)4-8(11)12/h1-3,9-10H,4H2,(H,11,12)/p-1. The number of carbonyl (C=O) groups excluding carboxylic acids is 1. The van der Waals surface area contributed by atoms with Crippen LogP contribution in [0.4, 0.5) is 0 Å². The van der Waals surface area contributed by atoms with Crippen LogP contribution in [0.25, 0.3) is 0 Å². The number of benzene rings is 1. The molecule has 0 radical (unpaired) electrons. The van der Waals surface area contributed by atoms with Crippen molar-refractivity contribution in [1.29, 1.82) is 0 Å². The number of carboxylic acids is 1. The Morgan fingerprint density at radius 2 is 1.83 bits per heavy atom. The van der Waals surface area contributed by atoms with Crippen LogP contribution in [0.15, 0.2) is 18.2 Å². The van der Waals surface area contributed by atoms with Gasteiger partial charge in [0.1, 0.15) is 11.5 Å². The normalized spacial score (nSPS) is 9.67. The van der Waals surface area contributed by atoms with Gasteiger partial charge in [-0.25, -0.2) is 0 Å². The minimum absolute atomic E-state index is 0.0162.